The van der Waals surface area contributed by atoms with Crippen molar-refractivity contribution >= 4 is 17.7 Å². The van der Waals surface area contributed by atoms with Crippen molar-refractivity contribution in [3.05, 3.63) is 5.82 Å². The molecule has 0 spiro atoms. The minimum absolute atomic E-state index is 0.0144. The van der Waals surface area contributed by atoms with E-state index in [2.05, 4.69) is 10.2 Å². The van der Waals surface area contributed by atoms with Crippen LogP contribution in [-0.2, 0) is 16.1 Å². The van der Waals surface area contributed by atoms with E-state index in [1.54, 1.807) is 0 Å². The maximum atomic E-state index is 10.5. The summed E-state index contributed by atoms with van der Waals surface area (Å²) in [7, 11) is 0. The topological polar surface area (TPSA) is 77.2 Å². The molecule has 0 unspecified atom stereocenters. The van der Waals surface area contributed by atoms with Crippen LogP contribution in [0.25, 0.3) is 0 Å². The van der Waals surface area contributed by atoms with Gasteiger partial charge in [0, 0.05) is 12.6 Å². The van der Waals surface area contributed by atoms with E-state index >= 15 is 0 Å². The summed E-state index contributed by atoms with van der Waals surface area (Å²) in [6.45, 7) is 6.93. The fourth-order valence-corrected chi connectivity index (χ4v) is 2.15. The molecule has 0 bridgehead atoms. The molecule has 1 heterocycles. The zero-order valence-corrected chi connectivity index (χ0v) is 11.0. The second-order valence-electron chi connectivity index (χ2n) is 3.68. The van der Waals surface area contributed by atoms with Crippen molar-refractivity contribution in [2.24, 2.45) is 0 Å². The summed E-state index contributed by atoms with van der Waals surface area (Å²) in [6.07, 6.45) is 0. The molecule has 0 atom stereocenters. The number of rotatable bonds is 7. The summed E-state index contributed by atoms with van der Waals surface area (Å²) in [5.41, 5.74) is 0. The Morgan fingerprint density at radius 3 is 2.76 bits per heavy atom. The Morgan fingerprint density at radius 2 is 2.24 bits per heavy atom. The highest BCUT2D eigenvalue weighted by molar-refractivity contribution is 7.99. The van der Waals surface area contributed by atoms with Gasteiger partial charge in [-0.3, -0.25) is 4.79 Å². The van der Waals surface area contributed by atoms with Crippen LogP contribution in [0.2, 0.25) is 0 Å². The minimum Gasteiger partial charge on any atom is -0.481 e. The minimum atomic E-state index is -0.861. The smallest absolute Gasteiger partial charge is 0.313 e. The molecule has 1 aromatic rings. The fraction of sp³-hybridized carbons (Fsp3) is 0.700. The van der Waals surface area contributed by atoms with Gasteiger partial charge in [0.2, 0.25) is 0 Å². The van der Waals surface area contributed by atoms with Crippen LogP contribution in [0.15, 0.2) is 5.16 Å². The predicted octanol–water partition coefficient (Wildman–Crippen LogP) is 1.57. The first-order chi connectivity index (χ1) is 8.06. The largest absolute Gasteiger partial charge is 0.481 e. The van der Waals surface area contributed by atoms with Gasteiger partial charge in [0.1, 0.15) is 6.61 Å². The number of thioether (sulfide) groups is 1. The van der Waals surface area contributed by atoms with E-state index < -0.39 is 5.97 Å². The standard InChI is InChI=1S/C10H17N3O3S/c1-4-16-5-8-11-12-10(13(8)7(2)3)17-6-9(14)15/h7H,4-6H2,1-3H3,(H,14,15). The molecule has 0 aliphatic rings. The van der Waals surface area contributed by atoms with Crippen molar-refractivity contribution in [1.82, 2.24) is 14.8 Å². The molecule has 0 radical (unpaired) electrons. The first-order valence-corrected chi connectivity index (χ1v) is 6.41. The van der Waals surface area contributed by atoms with Gasteiger partial charge in [0.25, 0.3) is 0 Å². The average molecular weight is 259 g/mol. The van der Waals surface area contributed by atoms with Gasteiger partial charge in [0.15, 0.2) is 11.0 Å². The Kier molecular flexibility index (Phi) is 5.43. The quantitative estimate of drug-likeness (QED) is 0.749. The third-order valence-electron chi connectivity index (χ3n) is 2.01. The summed E-state index contributed by atoms with van der Waals surface area (Å²) < 4.78 is 7.21. The highest BCUT2D eigenvalue weighted by Gasteiger charge is 2.15. The van der Waals surface area contributed by atoms with E-state index in [-0.39, 0.29) is 11.8 Å². The van der Waals surface area contributed by atoms with Crippen LogP contribution in [0.4, 0.5) is 0 Å². The molecule has 0 aliphatic carbocycles. The number of carboxylic acids is 1. The van der Waals surface area contributed by atoms with Gasteiger partial charge in [-0.05, 0) is 20.8 Å². The molecule has 1 rings (SSSR count). The fourth-order valence-electron chi connectivity index (χ4n) is 1.34. The monoisotopic (exact) mass is 259 g/mol. The lowest BCUT2D eigenvalue weighted by Gasteiger charge is -2.12. The number of aromatic nitrogens is 3. The summed E-state index contributed by atoms with van der Waals surface area (Å²) in [4.78, 5) is 10.5. The van der Waals surface area contributed by atoms with Crippen LogP contribution in [-0.4, -0.2) is 38.2 Å². The molecule has 0 fully saturated rings. The highest BCUT2D eigenvalue weighted by atomic mass is 32.2. The molecule has 1 N–H and O–H groups in total. The second kappa shape index (κ2) is 6.61. The number of carbonyl (C=O) groups is 1. The molecule has 17 heavy (non-hydrogen) atoms. The van der Waals surface area contributed by atoms with Crippen molar-refractivity contribution in [3.8, 4) is 0 Å². The number of hydrogen-bond acceptors (Lipinski definition) is 5. The number of carboxylic acid groups (broad SMARTS) is 1. The summed E-state index contributed by atoms with van der Waals surface area (Å²) in [6, 6.07) is 0.178. The van der Waals surface area contributed by atoms with E-state index in [1.165, 1.54) is 11.8 Å². The summed E-state index contributed by atoms with van der Waals surface area (Å²) in [5, 5.41) is 17.3. The molecule has 0 saturated carbocycles. The van der Waals surface area contributed by atoms with Crippen LogP contribution >= 0.6 is 11.8 Å². The summed E-state index contributed by atoms with van der Waals surface area (Å²) >= 11 is 1.17. The number of hydrogen-bond donors (Lipinski definition) is 1. The van der Waals surface area contributed by atoms with E-state index in [0.717, 1.165) is 5.82 Å². The van der Waals surface area contributed by atoms with Gasteiger partial charge in [-0.25, -0.2) is 0 Å². The van der Waals surface area contributed by atoms with Crippen molar-refractivity contribution in [2.75, 3.05) is 12.4 Å². The third kappa shape index (κ3) is 4.01. The Hall–Kier alpha value is -1.08. The zero-order valence-electron chi connectivity index (χ0n) is 10.2. The Labute approximate surface area is 104 Å². The molecule has 0 aliphatic heterocycles. The van der Waals surface area contributed by atoms with Crippen LogP contribution in [0.5, 0.6) is 0 Å². The average Bonchev–Trinajstić information content (AvgIpc) is 2.66. The van der Waals surface area contributed by atoms with Crippen LogP contribution in [0.3, 0.4) is 0 Å². The highest BCUT2D eigenvalue weighted by Crippen LogP contribution is 2.21. The van der Waals surface area contributed by atoms with Crippen LogP contribution < -0.4 is 0 Å². The first kappa shape index (κ1) is 14.0. The Balaban J connectivity index is 2.82. The maximum absolute atomic E-state index is 10.5. The lowest BCUT2D eigenvalue weighted by Crippen LogP contribution is -2.10. The molecule has 6 nitrogen and oxygen atoms in total. The van der Waals surface area contributed by atoms with Crippen molar-refractivity contribution < 1.29 is 14.6 Å². The molecular weight excluding hydrogens is 242 g/mol. The van der Waals surface area contributed by atoms with Crippen molar-refractivity contribution in [2.45, 2.75) is 38.6 Å². The Morgan fingerprint density at radius 1 is 1.53 bits per heavy atom. The molecule has 7 heteroatoms. The number of nitrogens with zero attached hydrogens (tertiary/aromatic N) is 3. The maximum Gasteiger partial charge on any atom is 0.313 e. The lowest BCUT2D eigenvalue weighted by molar-refractivity contribution is -0.133. The van der Waals surface area contributed by atoms with Gasteiger partial charge in [-0.2, -0.15) is 0 Å². The Bertz CT molecular complexity index is 379. The molecule has 0 amide bonds. The van der Waals surface area contributed by atoms with Crippen molar-refractivity contribution in [3.63, 3.8) is 0 Å². The van der Waals surface area contributed by atoms with Crippen LogP contribution in [0, 0.1) is 0 Å². The predicted molar refractivity (Wildman–Crippen MR) is 64.1 cm³/mol. The van der Waals surface area contributed by atoms with Crippen molar-refractivity contribution in [1.29, 1.82) is 0 Å². The van der Waals surface area contributed by atoms with E-state index in [9.17, 15) is 4.79 Å². The normalized spacial score (nSPS) is 11.1. The zero-order chi connectivity index (χ0) is 12.8. The number of aliphatic carboxylic acids is 1. The van der Waals surface area contributed by atoms with Gasteiger partial charge in [-0.1, -0.05) is 11.8 Å². The van der Waals surface area contributed by atoms with E-state index in [0.29, 0.717) is 18.4 Å². The molecule has 1 aromatic heterocycles. The molecule has 0 saturated heterocycles. The van der Waals surface area contributed by atoms with Gasteiger partial charge < -0.3 is 14.4 Å². The van der Waals surface area contributed by atoms with Gasteiger partial charge >= 0.3 is 5.97 Å². The lowest BCUT2D eigenvalue weighted by atomic mass is 10.4. The molecular formula is C10H17N3O3S. The van der Waals surface area contributed by atoms with Gasteiger partial charge in [0.05, 0.1) is 5.75 Å². The van der Waals surface area contributed by atoms with Crippen LogP contribution in [0.1, 0.15) is 32.6 Å². The SMILES string of the molecule is CCOCc1nnc(SCC(=O)O)n1C(C)C. The van der Waals surface area contributed by atoms with E-state index in [4.69, 9.17) is 9.84 Å². The second-order valence-corrected chi connectivity index (χ2v) is 4.62. The van der Waals surface area contributed by atoms with E-state index in [1.807, 2.05) is 25.3 Å². The third-order valence-corrected chi connectivity index (χ3v) is 2.94. The summed E-state index contributed by atoms with van der Waals surface area (Å²) in [5.74, 6) is -0.145. The molecule has 0 aromatic carbocycles. The number of ether oxygens (including phenoxy) is 1. The first-order valence-electron chi connectivity index (χ1n) is 5.42. The van der Waals surface area contributed by atoms with Gasteiger partial charge in [-0.15, -0.1) is 10.2 Å². The molecule has 96 valence electrons.